The maximum absolute atomic E-state index is 11.7. The Balaban J connectivity index is 2.30. The van der Waals surface area contributed by atoms with Gasteiger partial charge in [0.05, 0.1) is 43.7 Å². The molecule has 0 radical (unpaired) electrons. The van der Waals surface area contributed by atoms with Gasteiger partial charge in [-0.1, -0.05) is 6.92 Å². The molecule has 15 heteroatoms. The summed E-state index contributed by atoms with van der Waals surface area (Å²) in [4.78, 5) is 23.1. The van der Waals surface area contributed by atoms with Crippen molar-refractivity contribution in [1.29, 1.82) is 0 Å². The first-order chi connectivity index (χ1) is 15.9. The number of aliphatic carboxylic acids is 1. The number of nitrogens with one attached hydrogen (secondary N) is 1. The van der Waals surface area contributed by atoms with E-state index < -0.39 is 88.3 Å². The third-order valence-electron chi connectivity index (χ3n) is 6.26. The summed E-state index contributed by atoms with van der Waals surface area (Å²) in [5.41, 5.74) is -4.30. The highest BCUT2D eigenvalue weighted by molar-refractivity contribution is 7.80. The highest BCUT2D eigenvalue weighted by Gasteiger charge is 2.57. The summed E-state index contributed by atoms with van der Waals surface area (Å²) in [5, 5.41) is 43.2. The van der Waals surface area contributed by atoms with Crippen LogP contribution in [0.3, 0.4) is 0 Å². The van der Waals surface area contributed by atoms with E-state index in [0.29, 0.717) is 6.08 Å². The highest BCUT2D eigenvalue weighted by atomic mass is 32.3. The van der Waals surface area contributed by atoms with E-state index in [4.69, 9.17) is 18.8 Å². The first-order valence-electron chi connectivity index (χ1n) is 10.7. The van der Waals surface area contributed by atoms with Gasteiger partial charge in [-0.15, -0.1) is 0 Å². The van der Waals surface area contributed by atoms with Crippen LogP contribution < -0.4 is 5.32 Å². The van der Waals surface area contributed by atoms with Crippen molar-refractivity contribution in [2.24, 2.45) is 5.41 Å². The summed E-state index contributed by atoms with van der Waals surface area (Å²) in [6.45, 7) is 5.84. The van der Waals surface area contributed by atoms with Crippen LogP contribution in [0.15, 0.2) is 11.8 Å². The van der Waals surface area contributed by atoms with Gasteiger partial charge in [0.1, 0.15) is 6.10 Å². The molecule has 0 saturated carbocycles. The topological polar surface area (TPSA) is 218 Å². The van der Waals surface area contributed by atoms with Gasteiger partial charge in [-0.3, -0.25) is 9.35 Å². The van der Waals surface area contributed by atoms with Crippen LogP contribution in [0.1, 0.15) is 34.6 Å². The second-order valence-corrected chi connectivity index (χ2v) is 10.7. The van der Waals surface area contributed by atoms with E-state index in [1.807, 2.05) is 0 Å². The molecule has 3 unspecified atom stereocenters. The molecule has 1 saturated heterocycles. The summed E-state index contributed by atoms with van der Waals surface area (Å²) in [7, 11) is -5.08. The monoisotopic (exact) mass is 527 g/mol. The summed E-state index contributed by atoms with van der Waals surface area (Å²) < 4.78 is 53.2. The number of aliphatic hydroxyl groups is 3. The number of ether oxygens (including phenoxy) is 3. The zero-order valence-electron chi connectivity index (χ0n) is 20.0. The van der Waals surface area contributed by atoms with Gasteiger partial charge >= 0.3 is 16.4 Å². The molecule has 0 aromatic carbocycles. The highest BCUT2D eigenvalue weighted by Crippen LogP contribution is 2.42. The third kappa shape index (κ3) is 6.48. The van der Waals surface area contributed by atoms with E-state index in [1.54, 1.807) is 13.8 Å². The molecule has 2 aliphatic heterocycles. The molecule has 6 N–H and O–H groups in total. The molecule has 2 rings (SSSR count). The zero-order valence-corrected chi connectivity index (χ0v) is 20.8. The SMILES string of the molecule is CC(=O)NC1[C@H](O)[C@](C)(COC[C@@]2(C)OC(C(=O)O)=C[C@@H](O)C2OS(=O)(=O)O)C(CO)OC1(C)C. The first-order valence-corrected chi connectivity index (χ1v) is 12.0. The molecule has 35 heavy (non-hydrogen) atoms. The fraction of sp³-hybridized carbons (Fsp3) is 0.800. The summed E-state index contributed by atoms with van der Waals surface area (Å²) in [5.74, 6) is -2.68. The van der Waals surface area contributed by atoms with Crippen LogP contribution in [-0.2, 0) is 38.4 Å². The number of amides is 1. The molecule has 7 atom stereocenters. The van der Waals surface area contributed by atoms with Crippen molar-refractivity contribution in [2.75, 3.05) is 19.8 Å². The van der Waals surface area contributed by atoms with Crippen LogP contribution in [-0.4, -0.2) is 107 Å². The van der Waals surface area contributed by atoms with Crippen molar-refractivity contribution in [3.8, 4) is 0 Å². The van der Waals surface area contributed by atoms with E-state index in [2.05, 4.69) is 9.50 Å². The van der Waals surface area contributed by atoms with Crippen molar-refractivity contribution < 1.29 is 61.4 Å². The lowest BCUT2D eigenvalue weighted by molar-refractivity contribution is -0.257. The molecule has 0 aliphatic carbocycles. The Labute approximate surface area is 202 Å². The lowest BCUT2D eigenvalue weighted by atomic mass is 9.70. The lowest BCUT2D eigenvalue weighted by Crippen LogP contribution is -2.70. The molecule has 2 aliphatic rings. The van der Waals surface area contributed by atoms with Crippen molar-refractivity contribution in [1.82, 2.24) is 5.32 Å². The van der Waals surface area contributed by atoms with Gasteiger partial charge in [0.25, 0.3) is 0 Å². The fourth-order valence-corrected chi connectivity index (χ4v) is 4.94. The Kier molecular flexibility index (Phi) is 8.61. The minimum atomic E-state index is -5.08. The number of carboxylic acids is 1. The third-order valence-corrected chi connectivity index (χ3v) is 6.71. The van der Waals surface area contributed by atoms with Crippen LogP contribution in [0.25, 0.3) is 0 Å². The maximum Gasteiger partial charge on any atom is 0.397 e. The minimum Gasteiger partial charge on any atom is -0.475 e. The second kappa shape index (κ2) is 10.3. The van der Waals surface area contributed by atoms with Crippen molar-refractivity contribution in [2.45, 2.75) is 76.3 Å². The Morgan fingerprint density at radius 2 is 1.77 bits per heavy atom. The van der Waals surface area contributed by atoms with E-state index >= 15 is 0 Å². The fourth-order valence-electron chi connectivity index (χ4n) is 4.36. The Hall–Kier alpha value is -1.85. The molecule has 1 fully saturated rings. The van der Waals surface area contributed by atoms with Gasteiger partial charge in [0.15, 0.2) is 11.7 Å². The number of carbonyl (C=O) groups excluding carboxylic acids is 1. The number of aliphatic hydroxyl groups excluding tert-OH is 3. The number of hydrogen-bond acceptors (Lipinski definition) is 11. The zero-order chi connectivity index (χ0) is 27.0. The van der Waals surface area contributed by atoms with Crippen LogP contribution in [0.4, 0.5) is 0 Å². The van der Waals surface area contributed by atoms with Crippen molar-refractivity contribution in [3.63, 3.8) is 0 Å². The van der Waals surface area contributed by atoms with Gasteiger partial charge in [0, 0.05) is 12.3 Å². The Morgan fingerprint density at radius 3 is 2.26 bits per heavy atom. The van der Waals surface area contributed by atoms with Gasteiger partial charge in [-0.2, -0.15) is 8.42 Å². The number of carbonyl (C=O) groups is 2. The van der Waals surface area contributed by atoms with Crippen LogP contribution in [0, 0.1) is 5.41 Å². The summed E-state index contributed by atoms with van der Waals surface area (Å²) in [6.07, 6.45) is -5.12. The van der Waals surface area contributed by atoms with Crippen molar-refractivity contribution in [3.05, 3.63) is 11.8 Å². The second-order valence-electron chi connectivity index (χ2n) is 9.70. The van der Waals surface area contributed by atoms with E-state index in [0.717, 1.165) is 0 Å². The maximum atomic E-state index is 11.7. The predicted octanol–water partition coefficient (Wildman–Crippen LogP) is -1.65. The van der Waals surface area contributed by atoms with Crippen LogP contribution in [0.2, 0.25) is 0 Å². The lowest BCUT2D eigenvalue weighted by Gasteiger charge is -2.54. The van der Waals surface area contributed by atoms with Gasteiger partial charge < -0.3 is 40.0 Å². The summed E-state index contributed by atoms with van der Waals surface area (Å²) in [6, 6.07) is -0.892. The largest absolute Gasteiger partial charge is 0.475 e. The van der Waals surface area contributed by atoms with E-state index in [-0.39, 0.29) is 6.61 Å². The number of rotatable bonds is 9. The standard InChI is InChI=1S/C20H33NO13S/c1-10(23)21-14-15(25)19(4,13(7-22)33-18(14,2)3)8-31-9-20(5)16(34-35(28,29)30)11(24)6-12(32-20)17(26)27/h6,11,13-16,22,24-25H,7-9H2,1-5H3,(H,21,23)(H,26,27)(H,28,29,30)/t11-,13?,14?,15+,16?,19-,20-/m1/s1. The van der Waals surface area contributed by atoms with Gasteiger partial charge in [-0.05, 0) is 26.8 Å². The van der Waals surface area contributed by atoms with Crippen molar-refractivity contribution >= 4 is 22.3 Å². The van der Waals surface area contributed by atoms with Gasteiger partial charge in [0.2, 0.25) is 11.7 Å². The molecule has 0 spiro atoms. The molecule has 0 bridgehead atoms. The normalized spacial score (nSPS) is 37.2. The quantitative estimate of drug-likeness (QED) is 0.185. The van der Waals surface area contributed by atoms with Crippen LogP contribution in [0.5, 0.6) is 0 Å². The smallest absolute Gasteiger partial charge is 0.397 e. The Bertz CT molecular complexity index is 951. The predicted molar refractivity (Wildman–Crippen MR) is 116 cm³/mol. The number of hydrogen-bond donors (Lipinski definition) is 6. The first kappa shape index (κ1) is 29.4. The molecule has 202 valence electrons. The summed E-state index contributed by atoms with van der Waals surface area (Å²) >= 11 is 0. The molecule has 2 heterocycles. The van der Waals surface area contributed by atoms with Gasteiger partial charge in [-0.25, -0.2) is 8.98 Å². The van der Waals surface area contributed by atoms with E-state index in [1.165, 1.54) is 20.8 Å². The molecule has 1 amide bonds. The molecular formula is C20H33NO13S. The molecule has 0 aromatic heterocycles. The molecular weight excluding hydrogens is 494 g/mol. The molecule has 14 nitrogen and oxygen atoms in total. The average Bonchev–Trinajstić information content (AvgIpc) is 2.70. The number of carboxylic acid groups (broad SMARTS) is 1. The average molecular weight is 528 g/mol. The van der Waals surface area contributed by atoms with E-state index in [9.17, 15) is 38.4 Å². The minimum absolute atomic E-state index is 0.342. The Morgan fingerprint density at radius 1 is 1.17 bits per heavy atom. The van der Waals surface area contributed by atoms with Crippen LogP contribution >= 0.6 is 0 Å². The molecule has 0 aromatic rings.